The van der Waals surface area contributed by atoms with Gasteiger partial charge in [0.25, 0.3) is 6.71 Å². The average molecular weight is 950 g/mol. The first-order chi connectivity index (χ1) is 33.5. The van der Waals surface area contributed by atoms with E-state index in [9.17, 15) is 0 Å². The molecular weight excluding hydrogens is 878 g/mol. The molecule has 5 heterocycles. The third-order valence-corrected chi connectivity index (χ3v) is 21.6. The number of hydrogen-bond acceptors (Lipinski definition) is 3. The first-order valence-electron chi connectivity index (χ1n) is 27.3. The summed E-state index contributed by atoms with van der Waals surface area (Å²) < 4.78 is 5.54. The van der Waals surface area contributed by atoms with Gasteiger partial charge >= 0.3 is 0 Å². The number of thiophene rings is 1. The Labute approximate surface area is 427 Å². The predicted molar refractivity (Wildman–Crippen MR) is 308 cm³/mol. The summed E-state index contributed by atoms with van der Waals surface area (Å²) in [4.78, 5) is 5.64. The molecule has 1 saturated carbocycles. The van der Waals surface area contributed by atoms with Crippen LogP contribution < -0.4 is 26.2 Å². The SMILES string of the molecule is CC(C)(C)c1cc2c3c(c1)c1sc4ccccc4c1n3-c1cc(N(c3ccc4c(c3)C(C)(C)CCC4(C)C)c3ccc4c(c3)C(C)(C)CCC4(C)C)cc3c1B2c1cccc2c1N3C1(C)CCCCC21C. The lowest BCUT2D eigenvalue weighted by Gasteiger charge is -2.52. The molecule has 1 fully saturated rings. The van der Waals surface area contributed by atoms with Gasteiger partial charge in [-0.2, -0.15) is 0 Å². The van der Waals surface area contributed by atoms with Gasteiger partial charge in [-0.3, -0.25) is 0 Å². The highest BCUT2D eigenvalue weighted by Gasteiger charge is 2.61. The third kappa shape index (κ3) is 5.69. The minimum atomic E-state index is -0.0846. The number of para-hydroxylation sites is 1. The molecule has 3 aliphatic heterocycles. The normalized spacial score (nSPS) is 23.6. The molecule has 14 rings (SSSR count). The Bertz CT molecular complexity index is 3580. The molecule has 3 aliphatic carbocycles. The quantitative estimate of drug-likeness (QED) is 0.164. The summed E-state index contributed by atoms with van der Waals surface area (Å²) in [7, 11) is 0. The van der Waals surface area contributed by atoms with Crippen LogP contribution in [0.1, 0.15) is 175 Å². The fraction of sp³-hybridized carbons (Fsp3) is 0.424. The van der Waals surface area contributed by atoms with Gasteiger partial charge in [0.1, 0.15) is 0 Å². The van der Waals surface area contributed by atoms with Gasteiger partial charge in [-0.1, -0.05) is 151 Å². The first-order valence-corrected chi connectivity index (χ1v) is 28.1. The Morgan fingerprint density at radius 1 is 0.521 bits per heavy atom. The standard InChI is InChI=1S/C66H72BN3S/c1-60(2,3)39-33-44-56-51(34-39)67-50-21-18-20-47-58(50)70(66(13)28-17-16-27-65(47,66)12)53-38-42(37-52(55(53)67)69(56)57-43-19-14-15-22-54(43)71-59(44)57)68(40-23-25-45-48(35-40)63(8,9)31-29-61(45,4)5)41-24-26-46-49(36-41)64(10,11)32-30-62(46,6)7/h14-15,18-26,33-38H,16-17,27-32H2,1-13H3. The van der Waals surface area contributed by atoms with Crippen molar-refractivity contribution in [3.8, 4) is 5.69 Å². The van der Waals surface area contributed by atoms with Crippen molar-refractivity contribution >= 4 is 94.1 Å². The van der Waals surface area contributed by atoms with E-state index < -0.39 is 0 Å². The van der Waals surface area contributed by atoms with Gasteiger partial charge in [0, 0.05) is 49.3 Å². The maximum atomic E-state index is 2.94. The van der Waals surface area contributed by atoms with Crippen LogP contribution in [0.4, 0.5) is 28.4 Å². The minimum Gasteiger partial charge on any atom is -0.335 e. The first kappa shape index (κ1) is 44.4. The maximum Gasteiger partial charge on any atom is 0.252 e. The number of rotatable bonds is 3. The molecule has 360 valence electrons. The van der Waals surface area contributed by atoms with Crippen LogP contribution in [0.15, 0.2) is 103 Å². The van der Waals surface area contributed by atoms with Gasteiger partial charge < -0.3 is 14.4 Å². The summed E-state index contributed by atoms with van der Waals surface area (Å²) >= 11 is 1.99. The lowest BCUT2D eigenvalue weighted by atomic mass is 9.33. The van der Waals surface area contributed by atoms with Crippen molar-refractivity contribution in [3.05, 3.63) is 137 Å². The van der Waals surface area contributed by atoms with Crippen LogP contribution in [0.2, 0.25) is 0 Å². The molecule has 3 nitrogen and oxygen atoms in total. The van der Waals surface area contributed by atoms with E-state index in [-0.39, 0.29) is 44.7 Å². The molecule has 6 aliphatic rings. The van der Waals surface area contributed by atoms with Crippen LogP contribution in [0.3, 0.4) is 0 Å². The molecule has 0 N–H and O–H groups in total. The molecular formula is C66H72BN3S. The highest BCUT2D eigenvalue weighted by Crippen LogP contribution is 2.62. The number of nitrogens with zero attached hydrogens (tertiary/aromatic N) is 3. The number of hydrogen-bond donors (Lipinski definition) is 0. The van der Waals surface area contributed by atoms with Crippen molar-refractivity contribution in [1.29, 1.82) is 0 Å². The molecule has 0 radical (unpaired) electrons. The van der Waals surface area contributed by atoms with Crippen molar-refractivity contribution in [1.82, 2.24) is 4.57 Å². The van der Waals surface area contributed by atoms with Gasteiger partial charge in [-0.05, 0) is 171 Å². The van der Waals surface area contributed by atoms with Crippen LogP contribution in [-0.4, -0.2) is 16.8 Å². The third-order valence-electron chi connectivity index (χ3n) is 20.4. The van der Waals surface area contributed by atoms with Crippen LogP contribution in [0.25, 0.3) is 36.9 Å². The van der Waals surface area contributed by atoms with E-state index >= 15 is 0 Å². The summed E-state index contributed by atoms with van der Waals surface area (Å²) in [6, 6.07) is 42.4. The maximum absolute atomic E-state index is 2.94. The number of anilines is 5. The molecule has 0 amide bonds. The van der Waals surface area contributed by atoms with Crippen LogP contribution >= 0.6 is 11.3 Å². The summed E-state index contributed by atoms with van der Waals surface area (Å²) in [5, 5.41) is 2.76. The van der Waals surface area contributed by atoms with E-state index in [0.717, 1.165) is 0 Å². The molecule has 71 heavy (non-hydrogen) atoms. The summed E-state index contributed by atoms with van der Waals surface area (Å²) in [6.07, 6.45) is 9.68. The van der Waals surface area contributed by atoms with Crippen molar-refractivity contribution in [2.45, 2.75) is 179 Å². The molecule has 0 bridgehead atoms. The minimum absolute atomic E-state index is 0.0180. The van der Waals surface area contributed by atoms with Crippen LogP contribution in [0.5, 0.6) is 0 Å². The van der Waals surface area contributed by atoms with Crippen molar-refractivity contribution in [2.24, 2.45) is 0 Å². The molecule has 2 aromatic heterocycles. The zero-order valence-electron chi connectivity index (χ0n) is 44.8. The molecule has 0 spiro atoms. The average Bonchev–Trinajstić information content (AvgIpc) is 3.93. The fourth-order valence-electron chi connectivity index (χ4n) is 15.7. The second-order valence-corrected chi connectivity index (χ2v) is 28.4. The lowest BCUT2D eigenvalue weighted by Crippen LogP contribution is -2.64. The Morgan fingerprint density at radius 2 is 1.13 bits per heavy atom. The van der Waals surface area contributed by atoms with Gasteiger partial charge in [0.2, 0.25) is 0 Å². The van der Waals surface area contributed by atoms with Gasteiger partial charge in [-0.25, -0.2) is 0 Å². The Kier molecular flexibility index (Phi) is 8.68. The second-order valence-electron chi connectivity index (χ2n) is 27.4. The highest BCUT2D eigenvalue weighted by molar-refractivity contribution is 7.26. The van der Waals surface area contributed by atoms with E-state index in [1.165, 1.54) is 161 Å². The lowest BCUT2D eigenvalue weighted by molar-refractivity contribution is 0.195. The molecule has 2 unspecified atom stereocenters. The Morgan fingerprint density at radius 3 is 1.77 bits per heavy atom. The second kappa shape index (κ2) is 13.9. The monoisotopic (exact) mass is 950 g/mol. The number of aromatic nitrogens is 1. The van der Waals surface area contributed by atoms with Gasteiger partial charge in [-0.15, -0.1) is 11.3 Å². The van der Waals surface area contributed by atoms with Crippen molar-refractivity contribution < 1.29 is 0 Å². The highest BCUT2D eigenvalue weighted by atomic mass is 32.1. The van der Waals surface area contributed by atoms with E-state index in [0.29, 0.717) is 0 Å². The van der Waals surface area contributed by atoms with Crippen molar-refractivity contribution in [2.75, 3.05) is 9.80 Å². The smallest absolute Gasteiger partial charge is 0.252 e. The number of fused-ring (bicyclic) bond motifs is 14. The molecule has 2 atom stereocenters. The topological polar surface area (TPSA) is 11.4 Å². The predicted octanol–water partition coefficient (Wildman–Crippen LogP) is 16.3. The van der Waals surface area contributed by atoms with Crippen molar-refractivity contribution in [3.63, 3.8) is 0 Å². The summed E-state index contributed by atoms with van der Waals surface area (Å²) in [6.45, 7) is 32.4. The van der Waals surface area contributed by atoms with E-state index in [4.69, 9.17) is 0 Å². The molecule has 5 heteroatoms. The Hall–Kier alpha value is -5.26. The fourth-order valence-corrected chi connectivity index (χ4v) is 16.9. The van der Waals surface area contributed by atoms with Gasteiger partial charge in [0.05, 0.1) is 27.0 Å². The number of benzene rings is 6. The molecule has 6 aromatic carbocycles. The summed E-state index contributed by atoms with van der Waals surface area (Å²) in [5.41, 5.74) is 24.5. The van der Waals surface area contributed by atoms with E-state index in [1.54, 1.807) is 5.56 Å². The van der Waals surface area contributed by atoms with Crippen LogP contribution in [0, 0.1) is 0 Å². The van der Waals surface area contributed by atoms with Gasteiger partial charge in [0.15, 0.2) is 0 Å². The van der Waals surface area contributed by atoms with E-state index in [2.05, 4.69) is 208 Å². The van der Waals surface area contributed by atoms with Crippen LogP contribution in [-0.2, 0) is 32.5 Å². The molecule has 8 aromatic rings. The molecule has 0 saturated heterocycles. The zero-order chi connectivity index (χ0) is 49.3. The largest absolute Gasteiger partial charge is 0.335 e. The summed E-state index contributed by atoms with van der Waals surface area (Å²) in [5.74, 6) is 0. The Balaban J connectivity index is 1.14. The van der Waals surface area contributed by atoms with E-state index in [1.807, 2.05) is 11.3 Å². The zero-order valence-corrected chi connectivity index (χ0v) is 45.6.